The second kappa shape index (κ2) is 51.6. The van der Waals surface area contributed by atoms with Gasteiger partial charge in [-0.15, -0.1) is 0 Å². The van der Waals surface area contributed by atoms with Crippen LogP contribution in [0.2, 0.25) is 0 Å². The highest BCUT2D eigenvalue weighted by Crippen LogP contribution is 2.15. The lowest BCUT2D eigenvalue weighted by atomic mass is 10.1. The average molecular weight is 888 g/mol. The monoisotopic (exact) mass is 887 g/mol. The lowest BCUT2D eigenvalue weighted by molar-refractivity contribution is -0.123. The van der Waals surface area contributed by atoms with E-state index in [1.165, 1.54) is 257 Å². The normalized spacial score (nSPS) is 11.6. The molecule has 0 aliphatic heterocycles. The molecule has 0 radical (unpaired) electrons. The maximum atomic E-state index is 13.1. The summed E-state index contributed by atoms with van der Waals surface area (Å²) in [6, 6.07) is 0. The van der Waals surface area contributed by atoms with E-state index < -0.39 is 0 Å². The molecule has 0 unspecified atom stereocenters. The summed E-state index contributed by atoms with van der Waals surface area (Å²) >= 11 is 0. The lowest BCUT2D eigenvalue weighted by Crippen LogP contribution is -2.38. The molecule has 0 heterocycles. The van der Waals surface area contributed by atoms with Crippen LogP contribution < -0.4 is 10.6 Å². The Hall–Kier alpha value is -1.40. The van der Waals surface area contributed by atoms with E-state index in [9.17, 15) is 9.59 Å². The first-order valence-corrected chi connectivity index (χ1v) is 28.7. The fourth-order valence-electron chi connectivity index (χ4n) is 9.10. The molecule has 63 heavy (non-hydrogen) atoms. The van der Waals surface area contributed by atoms with E-state index >= 15 is 0 Å². The minimum absolute atomic E-state index is 0.0731. The molecule has 2 N–H and O–H groups in total. The van der Waals surface area contributed by atoms with Gasteiger partial charge in [0.15, 0.2) is 0 Å². The van der Waals surface area contributed by atoms with Crippen molar-refractivity contribution in [2.75, 3.05) is 52.4 Å². The van der Waals surface area contributed by atoms with Gasteiger partial charge >= 0.3 is 0 Å². The SMILES string of the molecule is C=C(CC(=O)NCCN(CCCCCCCCCCCC)CCCCCCCCCCCC)C(=O)NCCN(CCCCCCCCCCCC)CCCCCCCCCCCC. The molecule has 0 fully saturated rings. The number of amides is 2. The molecule has 0 aromatic rings. The van der Waals surface area contributed by atoms with Crippen molar-refractivity contribution in [3.05, 3.63) is 12.2 Å². The lowest BCUT2D eigenvalue weighted by Gasteiger charge is -2.23. The summed E-state index contributed by atoms with van der Waals surface area (Å²) in [6.07, 6.45) is 54.3. The fourth-order valence-corrected chi connectivity index (χ4v) is 9.10. The summed E-state index contributed by atoms with van der Waals surface area (Å²) < 4.78 is 0. The number of nitrogens with one attached hydrogen (secondary N) is 2. The number of carbonyl (C=O) groups excluding carboxylic acids is 2. The van der Waals surface area contributed by atoms with Crippen LogP contribution in [-0.2, 0) is 9.59 Å². The number of carbonyl (C=O) groups is 2. The van der Waals surface area contributed by atoms with Crippen LogP contribution in [0.3, 0.4) is 0 Å². The van der Waals surface area contributed by atoms with Crippen LogP contribution in [0.1, 0.15) is 291 Å². The molecule has 2 amide bonds. The fraction of sp³-hybridized carbons (Fsp3) is 0.930. The zero-order valence-electron chi connectivity index (χ0n) is 43.6. The number of nitrogens with zero attached hydrogens (tertiary/aromatic N) is 2. The zero-order chi connectivity index (χ0) is 45.9. The third-order valence-electron chi connectivity index (χ3n) is 13.5. The Bertz CT molecular complexity index is 908. The van der Waals surface area contributed by atoms with E-state index in [-0.39, 0.29) is 18.2 Å². The van der Waals surface area contributed by atoms with Gasteiger partial charge in [0, 0.05) is 31.8 Å². The molecule has 0 atom stereocenters. The summed E-state index contributed by atoms with van der Waals surface area (Å²) in [5.74, 6) is -0.261. The zero-order valence-corrected chi connectivity index (χ0v) is 43.6. The van der Waals surface area contributed by atoms with Crippen LogP contribution in [0.5, 0.6) is 0 Å². The Balaban J connectivity index is 4.66. The number of rotatable bonds is 53. The summed E-state index contributed by atoms with van der Waals surface area (Å²) in [5.41, 5.74) is 0.371. The van der Waals surface area contributed by atoms with E-state index in [1.54, 1.807) is 0 Å². The van der Waals surface area contributed by atoms with Gasteiger partial charge in [-0.05, 0) is 51.9 Å². The summed E-state index contributed by atoms with van der Waals surface area (Å²) in [7, 11) is 0. The molecule has 0 bridgehead atoms. The molecule has 6 nitrogen and oxygen atoms in total. The Morgan fingerprint density at radius 3 is 0.794 bits per heavy atom. The van der Waals surface area contributed by atoms with Crippen molar-refractivity contribution < 1.29 is 9.59 Å². The molecule has 0 aliphatic rings. The smallest absolute Gasteiger partial charge is 0.247 e. The van der Waals surface area contributed by atoms with E-state index in [2.05, 4.69) is 54.7 Å². The second-order valence-electron chi connectivity index (χ2n) is 19.8. The van der Waals surface area contributed by atoms with Gasteiger partial charge in [0.05, 0.1) is 6.42 Å². The topological polar surface area (TPSA) is 64.7 Å². The molecule has 0 aliphatic carbocycles. The van der Waals surface area contributed by atoms with Crippen molar-refractivity contribution in [2.24, 2.45) is 0 Å². The maximum absolute atomic E-state index is 13.1. The largest absolute Gasteiger partial charge is 0.355 e. The predicted molar refractivity (Wildman–Crippen MR) is 280 cm³/mol. The summed E-state index contributed by atoms with van der Waals surface area (Å²) in [5, 5.41) is 6.23. The van der Waals surface area contributed by atoms with Crippen molar-refractivity contribution >= 4 is 11.8 Å². The highest BCUT2D eigenvalue weighted by atomic mass is 16.2. The maximum Gasteiger partial charge on any atom is 0.247 e. The second-order valence-corrected chi connectivity index (χ2v) is 19.8. The van der Waals surface area contributed by atoms with E-state index in [0.29, 0.717) is 18.7 Å². The van der Waals surface area contributed by atoms with Gasteiger partial charge in [0.2, 0.25) is 11.8 Å². The first-order chi connectivity index (χ1) is 31.0. The van der Waals surface area contributed by atoms with Crippen LogP contribution >= 0.6 is 0 Å². The van der Waals surface area contributed by atoms with E-state index in [1.807, 2.05) is 0 Å². The average Bonchev–Trinajstić information content (AvgIpc) is 3.28. The van der Waals surface area contributed by atoms with Gasteiger partial charge in [0.25, 0.3) is 0 Å². The number of unbranched alkanes of at least 4 members (excludes halogenated alkanes) is 36. The van der Waals surface area contributed by atoms with Gasteiger partial charge in [-0.25, -0.2) is 0 Å². The van der Waals surface area contributed by atoms with E-state index in [4.69, 9.17) is 0 Å². The third kappa shape index (κ3) is 46.9. The first-order valence-electron chi connectivity index (χ1n) is 28.7. The standard InChI is InChI=1S/C57H114N4O2/c1-6-10-14-18-22-26-30-34-38-42-48-60(49-43-39-35-31-27-23-19-15-11-7-2)52-46-58-56(62)54-55(5)57(63)59-47-53-61(50-44-40-36-32-28-24-20-16-12-8-3)51-45-41-37-33-29-25-21-17-13-9-4/h5-54H2,1-4H3,(H,58,62)(H,59,63). The van der Waals surface area contributed by atoms with Crippen LogP contribution in [0.4, 0.5) is 0 Å². The Labute approximate surface area is 395 Å². The number of hydrogen-bond donors (Lipinski definition) is 2. The van der Waals surface area contributed by atoms with Crippen LogP contribution in [0.15, 0.2) is 12.2 Å². The van der Waals surface area contributed by atoms with Gasteiger partial charge in [-0.2, -0.15) is 0 Å². The van der Waals surface area contributed by atoms with Crippen molar-refractivity contribution in [3.63, 3.8) is 0 Å². The van der Waals surface area contributed by atoms with Crippen LogP contribution in [0, 0.1) is 0 Å². The highest BCUT2D eigenvalue weighted by Gasteiger charge is 2.14. The molecule has 374 valence electrons. The van der Waals surface area contributed by atoms with Crippen LogP contribution in [-0.4, -0.2) is 74.0 Å². The molecule has 0 rings (SSSR count). The summed E-state index contributed by atoms with van der Waals surface area (Å²) in [6.45, 7) is 20.7. The molecule has 0 saturated heterocycles. The minimum atomic E-state index is -0.175. The molecule has 0 aromatic heterocycles. The van der Waals surface area contributed by atoms with Gasteiger partial charge < -0.3 is 20.4 Å². The molecule has 0 spiro atoms. The first kappa shape index (κ1) is 61.6. The Kier molecular flexibility index (Phi) is 50.4. The highest BCUT2D eigenvalue weighted by molar-refractivity contribution is 5.98. The van der Waals surface area contributed by atoms with Crippen LogP contribution in [0.25, 0.3) is 0 Å². The van der Waals surface area contributed by atoms with Crippen molar-refractivity contribution in [2.45, 2.75) is 291 Å². The molecule has 6 heteroatoms. The van der Waals surface area contributed by atoms with E-state index in [0.717, 1.165) is 39.3 Å². The van der Waals surface area contributed by atoms with Gasteiger partial charge in [-0.1, -0.05) is 265 Å². The molecular formula is C57H114N4O2. The quantitative estimate of drug-likeness (QED) is 0.0472. The van der Waals surface area contributed by atoms with Crippen molar-refractivity contribution in [3.8, 4) is 0 Å². The van der Waals surface area contributed by atoms with Crippen molar-refractivity contribution in [1.82, 2.24) is 20.4 Å². The Morgan fingerprint density at radius 2 is 0.540 bits per heavy atom. The Morgan fingerprint density at radius 1 is 0.317 bits per heavy atom. The van der Waals surface area contributed by atoms with Gasteiger partial charge in [-0.3, -0.25) is 9.59 Å². The molecule has 0 saturated carbocycles. The summed E-state index contributed by atoms with van der Waals surface area (Å²) in [4.78, 5) is 31.2. The molecular weight excluding hydrogens is 773 g/mol. The van der Waals surface area contributed by atoms with Crippen molar-refractivity contribution in [1.29, 1.82) is 0 Å². The number of hydrogen-bond acceptors (Lipinski definition) is 4. The third-order valence-corrected chi connectivity index (χ3v) is 13.5. The predicted octanol–water partition coefficient (Wildman–Crippen LogP) is 16.5. The molecule has 0 aromatic carbocycles. The van der Waals surface area contributed by atoms with Gasteiger partial charge in [0.1, 0.15) is 0 Å². The minimum Gasteiger partial charge on any atom is -0.355 e.